The summed E-state index contributed by atoms with van der Waals surface area (Å²) in [5.74, 6) is 1.45. The summed E-state index contributed by atoms with van der Waals surface area (Å²) in [5, 5.41) is 14.3. The van der Waals surface area contributed by atoms with Crippen LogP contribution in [0.5, 0.6) is 5.75 Å². The summed E-state index contributed by atoms with van der Waals surface area (Å²) in [7, 11) is 1.73. The fraction of sp³-hybridized carbons (Fsp3) is 0.615. The third-order valence-corrected chi connectivity index (χ3v) is 6.87. The Morgan fingerprint density at radius 3 is 2.70 bits per heavy atom. The second-order valence-electron chi connectivity index (χ2n) is 9.33. The molecule has 1 fully saturated rings. The number of aryl methyl sites for hydroxylation is 1. The van der Waals surface area contributed by atoms with E-state index in [1.54, 1.807) is 7.11 Å². The van der Waals surface area contributed by atoms with Crippen LogP contribution in [-0.4, -0.2) is 42.0 Å². The van der Waals surface area contributed by atoms with Crippen LogP contribution in [0, 0.1) is 12.8 Å². The Hall–Kier alpha value is -1.62. The number of aliphatic hydroxyl groups excluding tert-OH is 1. The predicted octanol–water partition coefficient (Wildman–Crippen LogP) is 5.13. The fourth-order valence-electron chi connectivity index (χ4n) is 5.26. The quantitative estimate of drug-likeness (QED) is 0.610. The van der Waals surface area contributed by atoms with Gasteiger partial charge in [0, 0.05) is 24.7 Å². The molecule has 1 heterocycles. The molecule has 0 amide bonds. The lowest BCUT2D eigenvalue weighted by molar-refractivity contribution is 0.0627. The number of methoxy groups -OCH3 is 1. The molecule has 1 aromatic carbocycles. The average Bonchev–Trinajstić information content (AvgIpc) is 2.72. The van der Waals surface area contributed by atoms with Crippen LogP contribution in [0.4, 0.5) is 0 Å². The third kappa shape index (κ3) is 5.35. The molecule has 3 rings (SSSR count). The third-order valence-electron chi connectivity index (χ3n) is 6.87. The van der Waals surface area contributed by atoms with Crippen molar-refractivity contribution in [3.63, 3.8) is 0 Å². The number of likely N-dealkylation sites (tertiary alicyclic amines) is 1. The Balaban J connectivity index is 1.64. The molecule has 0 spiro atoms. The van der Waals surface area contributed by atoms with Crippen LogP contribution < -0.4 is 10.1 Å². The molecule has 4 heteroatoms. The van der Waals surface area contributed by atoms with E-state index in [0.717, 1.165) is 43.6 Å². The SMILES string of the molecule is CCC1CC(NC(O)C2=CC(C)CC(C)=C2)CCN1C(C)c1ccc(OC)c(C)c1. The molecule has 0 saturated carbocycles. The number of aliphatic hydroxyl groups is 1. The Labute approximate surface area is 183 Å². The molecule has 2 aliphatic rings. The van der Waals surface area contributed by atoms with Gasteiger partial charge in [-0.1, -0.05) is 43.7 Å². The molecule has 0 radical (unpaired) electrons. The van der Waals surface area contributed by atoms with Gasteiger partial charge < -0.3 is 9.84 Å². The largest absolute Gasteiger partial charge is 0.496 e. The second-order valence-corrected chi connectivity index (χ2v) is 9.33. The van der Waals surface area contributed by atoms with Crippen LogP contribution in [0.15, 0.2) is 41.5 Å². The van der Waals surface area contributed by atoms with Crippen LogP contribution in [0.2, 0.25) is 0 Å². The Morgan fingerprint density at radius 1 is 1.30 bits per heavy atom. The molecule has 0 bridgehead atoms. The van der Waals surface area contributed by atoms with Crippen LogP contribution in [0.1, 0.15) is 70.5 Å². The van der Waals surface area contributed by atoms with E-state index >= 15 is 0 Å². The molecule has 1 aliphatic carbocycles. The minimum atomic E-state index is -0.571. The smallest absolute Gasteiger partial charge is 0.130 e. The minimum absolute atomic E-state index is 0.345. The van der Waals surface area contributed by atoms with Crippen molar-refractivity contribution in [1.29, 1.82) is 0 Å². The van der Waals surface area contributed by atoms with Crippen molar-refractivity contribution >= 4 is 0 Å². The van der Waals surface area contributed by atoms with E-state index in [4.69, 9.17) is 4.74 Å². The Morgan fingerprint density at radius 2 is 2.07 bits per heavy atom. The monoisotopic (exact) mass is 412 g/mol. The van der Waals surface area contributed by atoms with Gasteiger partial charge in [-0.15, -0.1) is 0 Å². The molecule has 1 saturated heterocycles. The van der Waals surface area contributed by atoms with Crippen molar-refractivity contribution in [2.24, 2.45) is 5.92 Å². The fourth-order valence-corrected chi connectivity index (χ4v) is 5.26. The maximum absolute atomic E-state index is 10.8. The van der Waals surface area contributed by atoms with E-state index < -0.39 is 6.23 Å². The second kappa shape index (κ2) is 10.1. The van der Waals surface area contributed by atoms with Crippen LogP contribution in [-0.2, 0) is 0 Å². The summed E-state index contributed by atoms with van der Waals surface area (Å²) in [4.78, 5) is 2.64. The van der Waals surface area contributed by atoms with E-state index in [9.17, 15) is 5.11 Å². The number of ether oxygens (including phenoxy) is 1. The molecule has 166 valence electrons. The zero-order valence-electron chi connectivity index (χ0n) is 19.6. The summed E-state index contributed by atoms with van der Waals surface area (Å²) in [6.07, 6.45) is 8.13. The first kappa shape index (κ1) is 23.1. The molecule has 5 atom stereocenters. The van der Waals surface area contributed by atoms with Gasteiger partial charge in [0.2, 0.25) is 0 Å². The van der Waals surface area contributed by atoms with Gasteiger partial charge >= 0.3 is 0 Å². The summed E-state index contributed by atoms with van der Waals surface area (Å²) < 4.78 is 5.43. The number of hydrogen-bond acceptors (Lipinski definition) is 4. The number of nitrogens with zero attached hydrogens (tertiary/aromatic N) is 1. The van der Waals surface area contributed by atoms with E-state index in [1.807, 2.05) is 0 Å². The van der Waals surface area contributed by atoms with E-state index in [-0.39, 0.29) is 0 Å². The number of allylic oxidation sites excluding steroid dienone is 2. The van der Waals surface area contributed by atoms with Crippen molar-refractivity contribution in [3.05, 3.63) is 52.6 Å². The van der Waals surface area contributed by atoms with E-state index in [1.165, 1.54) is 16.7 Å². The molecular weight excluding hydrogens is 372 g/mol. The highest BCUT2D eigenvalue weighted by atomic mass is 16.5. The standard InChI is InChI=1S/C26H40N2O2/c1-7-24-16-23(27-26(29)22-13-17(2)12-18(3)14-22)10-11-28(24)20(5)21-8-9-25(30-6)19(4)15-21/h8-9,13-15,17,20,23-24,26-27,29H,7,10-12,16H2,1-6H3. The van der Waals surface area contributed by atoms with Gasteiger partial charge in [-0.05, 0) is 75.1 Å². The van der Waals surface area contributed by atoms with Gasteiger partial charge in [0.1, 0.15) is 12.0 Å². The van der Waals surface area contributed by atoms with Gasteiger partial charge in [-0.2, -0.15) is 0 Å². The molecule has 4 nitrogen and oxygen atoms in total. The predicted molar refractivity (Wildman–Crippen MR) is 125 cm³/mol. The number of benzene rings is 1. The maximum Gasteiger partial charge on any atom is 0.130 e. The normalized spacial score (nSPS) is 27.2. The van der Waals surface area contributed by atoms with Crippen molar-refractivity contribution < 1.29 is 9.84 Å². The van der Waals surface area contributed by atoms with Crippen LogP contribution in [0.25, 0.3) is 0 Å². The topological polar surface area (TPSA) is 44.7 Å². The van der Waals surface area contributed by atoms with Gasteiger partial charge in [0.15, 0.2) is 0 Å². The lowest BCUT2D eigenvalue weighted by Crippen LogP contribution is -2.51. The molecular formula is C26H40N2O2. The zero-order valence-corrected chi connectivity index (χ0v) is 19.6. The number of piperidine rings is 1. The molecule has 2 N–H and O–H groups in total. The first-order chi connectivity index (χ1) is 14.3. The Kier molecular flexibility index (Phi) is 7.78. The van der Waals surface area contributed by atoms with Crippen molar-refractivity contribution in [2.75, 3.05) is 13.7 Å². The maximum atomic E-state index is 10.8. The Bertz CT molecular complexity index is 785. The molecule has 5 unspecified atom stereocenters. The zero-order chi connectivity index (χ0) is 21.8. The van der Waals surface area contributed by atoms with Crippen LogP contribution >= 0.6 is 0 Å². The highest BCUT2D eigenvalue weighted by molar-refractivity contribution is 5.37. The van der Waals surface area contributed by atoms with Crippen molar-refractivity contribution in [1.82, 2.24) is 10.2 Å². The number of nitrogens with one attached hydrogen (secondary N) is 1. The van der Waals surface area contributed by atoms with Gasteiger partial charge in [-0.25, -0.2) is 0 Å². The summed E-state index contributed by atoms with van der Waals surface area (Å²) in [5.41, 5.74) is 4.92. The van der Waals surface area contributed by atoms with Gasteiger partial charge in [-0.3, -0.25) is 10.2 Å². The highest BCUT2D eigenvalue weighted by Gasteiger charge is 2.32. The first-order valence-electron chi connectivity index (χ1n) is 11.6. The van der Waals surface area contributed by atoms with Gasteiger partial charge in [0.25, 0.3) is 0 Å². The molecule has 30 heavy (non-hydrogen) atoms. The van der Waals surface area contributed by atoms with Crippen LogP contribution in [0.3, 0.4) is 0 Å². The summed E-state index contributed by atoms with van der Waals surface area (Å²) in [6.45, 7) is 12.1. The number of hydrogen-bond donors (Lipinski definition) is 2. The lowest BCUT2D eigenvalue weighted by atomic mass is 9.90. The molecule has 1 aliphatic heterocycles. The van der Waals surface area contributed by atoms with Gasteiger partial charge in [0.05, 0.1) is 7.11 Å². The molecule has 1 aromatic rings. The summed E-state index contributed by atoms with van der Waals surface area (Å²) in [6, 6.07) is 7.77. The molecule has 0 aromatic heterocycles. The first-order valence-corrected chi connectivity index (χ1v) is 11.6. The lowest BCUT2D eigenvalue weighted by Gasteiger charge is -2.43. The van der Waals surface area contributed by atoms with Crippen molar-refractivity contribution in [2.45, 2.75) is 84.7 Å². The summed E-state index contributed by atoms with van der Waals surface area (Å²) >= 11 is 0. The van der Waals surface area contributed by atoms with Crippen molar-refractivity contribution in [3.8, 4) is 5.75 Å². The van der Waals surface area contributed by atoms with E-state index in [2.05, 4.69) is 75.2 Å². The van der Waals surface area contributed by atoms with E-state index in [0.29, 0.717) is 24.0 Å². The highest BCUT2D eigenvalue weighted by Crippen LogP contribution is 2.32. The number of rotatable bonds is 7. The minimum Gasteiger partial charge on any atom is -0.496 e. The average molecular weight is 413 g/mol.